The van der Waals surface area contributed by atoms with Gasteiger partial charge in [-0.15, -0.1) is 0 Å². The van der Waals surface area contributed by atoms with Gasteiger partial charge in [0.2, 0.25) is 0 Å². The Bertz CT molecular complexity index is 3150. The number of rotatable bonds is 4. The molecule has 0 saturated heterocycles. The summed E-state index contributed by atoms with van der Waals surface area (Å²) < 4.78 is 9.36. The Balaban J connectivity index is 1.01. The topological polar surface area (TPSA) is 52.8 Å². The summed E-state index contributed by atoms with van der Waals surface area (Å²) in [7, 11) is 0. The van der Waals surface area contributed by atoms with Gasteiger partial charge in [0, 0.05) is 38.6 Å². The first-order valence-electron chi connectivity index (χ1n) is 19.3. The van der Waals surface area contributed by atoms with E-state index in [4.69, 9.17) is 19.7 Å². The third kappa shape index (κ3) is 4.60. The van der Waals surface area contributed by atoms with Crippen LogP contribution in [0.25, 0.3) is 72.8 Å². The predicted octanol–water partition coefficient (Wildman–Crippen LogP) is 12.4. The molecular formula is C52H32N4O. The van der Waals surface area contributed by atoms with Crippen molar-refractivity contribution in [3.8, 4) is 62.5 Å². The average molecular weight is 729 g/mol. The standard InChI is InChI=1S/C52H32N4O/c1-3-14-34(15-4-1)49-53-50(35-16-5-2-6-17-35)55-51(54-49)36-28-26-33(27-29-36)37-30-31-42-47(32-37)57-46-25-12-9-21-41(46)52(42)40-20-8-11-24-45(40)56-44-23-10-7-18-38(44)39-19-13-22-43(52)48(39)56/h1-32H. The molecule has 57 heavy (non-hydrogen) atoms. The Hall–Kier alpha value is -7.63. The van der Waals surface area contributed by atoms with Crippen LogP contribution in [0.4, 0.5) is 0 Å². The molecule has 1 atom stereocenters. The van der Waals surface area contributed by atoms with Gasteiger partial charge in [0.05, 0.1) is 22.1 Å². The molecule has 0 bridgehead atoms. The van der Waals surface area contributed by atoms with Crippen LogP contribution in [-0.4, -0.2) is 19.5 Å². The molecule has 266 valence electrons. The summed E-state index contributed by atoms with van der Waals surface area (Å²) in [6.45, 7) is 0. The van der Waals surface area contributed by atoms with E-state index in [-0.39, 0.29) is 0 Å². The highest BCUT2D eigenvalue weighted by molar-refractivity contribution is 6.12. The van der Waals surface area contributed by atoms with E-state index >= 15 is 0 Å². The zero-order chi connectivity index (χ0) is 37.5. The van der Waals surface area contributed by atoms with Crippen LogP contribution in [0, 0.1) is 0 Å². The van der Waals surface area contributed by atoms with Crippen molar-refractivity contribution in [3.63, 3.8) is 0 Å². The molecule has 1 unspecified atom stereocenters. The lowest BCUT2D eigenvalue weighted by Gasteiger charge is -2.45. The molecule has 0 saturated carbocycles. The van der Waals surface area contributed by atoms with E-state index in [1.807, 2.05) is 60.7 Å². The first kappa shape index (κ1) is 31.7. The number of hydrogen-bond donors (Lipinski definition) is 0. The molecule has 2 aliphatic rings. The van der Waals surface area contributed by atoms with Gasteiger partial charge in [-0.05, 0) is 46.5 Å². The second kappa shape index (κ2) is 12.2. The van der Waals surface area contributed by atoms with Crippen LogP contribution < -0.4 is 4.74 Å². The molecule has 5 heteroatoms. The molecule has 0 amide bonds. The lowest BCUT2D eigenvalue weighted by atomic mass is 9.61. The SMILES string of the molecule is c1ccc(-c2nc(-c3ccccc3)nc(-c3ccc(-c4ccc5c(c4)Oc4ccccc4C54c5ccccc5-n5c6ccccc6c6cccc4c65)cc3)n2)cc1. The van der Waals surface area contributed by atoms with Gasteiger partial charge in [0.25, 0.3) is 0 Å². The largest absolute Gasteiger partial charge is 0.457 e. The summed E-state index contributed by atoms with van der Waals surface area (Å²) in [6, 6.07) is 68.4. The molecule has 5 nitrogen and oxygen atoms in total. The fraction of sp³-hybridized carbons (Fsp3) is 0.0192. The van der Waals surface area contributed by atoms with Gasteiger partial charge in [-0.1, -0.05) is 170 Å². The number of aromatic nitrogens is 4. The maximum Gasteiger partial charge on any atom is 0.164 e. The van der Waals surface area contributed by atoms with Crippen molar-refractivity contribution >= 4 is 21.8 Å². The van der Waals surface area contributed by atoms with Gasteiger partial charge in [0.1, 0.15) is 11.5 Å². The molecule has 8 aromatic carbocycles. The molecular weight excluding hydrogens is 697 g/mol. The predicted molar refractivity (Wildman–Crippen MR) is 228 cm³/mol. The molecule has 0 fully saturated rings. The maximum absolute atomic E-state index is 6.89. The van der Waals surface area contributed by atoms with E-state index in [0.717, 1.165) is 50.4 Å². The minimum absolute atomic E-state index is 0.599. The quantitative estimate of drug-likeness (QED) is 0.181. The van der Waals surface area contributed by atoms with E-state index in [1.54, 1.807) is 0 Å². The van der Waals surface area contributed by atoms with Crippen molar-refractivity contribution in [2.24, 2.45) is 0 Å². The van der Waals surface area contributed by atoms with Gasteiger partial charge in [-0.3, -0.25) is 0 Å². The molecule has 12 rings (SSSR count). The highest BCUT2D eigenvalue weighted by atomic mass is 16.5. The highest BCUT2D eigenvalue weighted by Gasteiger charge is 2.50. The zero-order valence-corrected chi connectivity index (χ0v) is 30.7. The van der Waals surface area contributed by atoms with Crippen molar-refractivity contribution in [2.45, 2.75) is 5.41 Å². The molecule has 1 spiro atoms. The number of para-hydroxylation sites is 4. The van der Waals surface area contributed by atoms with E-state index < -0.39 is 5.41 Å². The van der Waals surface area contributed by atoms with Crippen LogP contribution in [0.15, 0.2) is 194 Å². The third-order valence-electron chi connectivity index (χ3n) is 11.7. The van der Waals surface area contributed by atoms with Crippen molar-refractivity contribution in [1.82, 2.24) is 19.5 Å². The molecule has 2 aliphatic heterocycles. The minimum Gasteiger partial charge on any atom is -0.457 e. The minimum atomic E-state index is -0.599. The van der Waals surface area contributed by atoms with Crippen LogP contribution in [-0.2, 0) is 5.41 Å². The normalized spacial score (nSPS) is 14.9. The number of benzene rings is 8. The summed E-state index contributed by atoms with van der Waals surface area (Å²) in [6.07, 6.45) is 0. The lowest BCUT2D eigenvalue weighted by molar-refractivity contribution is 0.434. The Morgan fingerprint density at radius 2 is 0.895 bits per heavy atom. The number of fused-ring (bicyclic) bond motifs is 11. The molecule has 0 radical (unpaired) electrons. The van der Waals surface area contributed by atoms with Crippen LogP contribution in [0.2, 0.25) is 0 Å². The van der Waals surface area contributed by atoms with Crippen molar-refractivity contribution < 1.29 is 4.74 Å². The number of ether oxygens (including phenoxy) is 1. The Morgan fingerprint density at radius 3 is 1.63 bits per heavy atom. The molecule has 2 aromatic heterocycles. The Morgan fingerprint density at radius 1 is 0.368 bits per heavy atom. The summed E-state index contributed by atoms with van der Waals surface area (Å²) in [5.74, 6) is 3.63. The summed E-state index contributed by atoms with van der Waals surface area (Å²) >= 11 is 0. The van der Waals surface area contributed by atoms with Crippen LogP contribution in [0.3, 0.4) is 0 Å². The fourth-order valence-electron chi connectivity index (χ4n) is 9.26. The molecule has 0 aliphatic carbocycles. The lowest BCUT2D eigenvalue weighted by Crippen LogP contribution is -2.37. The van der Waals surface area contributed by atoms with E-state index in [1.165, 1.54) is 38.6 Å². The van der Waals surface area contributed by atoms with Gasteiger partial charge in [-0.25, -0.2) is 15.0 Å². The van der Waals surface area contributed by atoms with Gasteiger partial charge < -0.3 is 9.30 Å². The molecule has 0 N–H and O–H groups in total. The van der Waals surface area contributed by atoms with Crippen LogP contribution >= 0.6 is 0 Å². The van der Waals surface area contributed by atoms with Gasteiger partial charge >= 0.3 is 0 Å². The zero-order valence-electron chi connectivity index (χ0n) is 30.7. The first-order valence-corrected chi connectivity index (χ1v) is 19.3. The fourth-order valence-corrected chi connectivity index (χ4v) is 9.26. The average Bonchev–Trinajstić information content (AvgIpc) is 3.63. The number of nitrogens with zero attached hydrogens (tertiary/aromatic N) is 4. The summed E-state index contributed by atoms with van der Waals surface area (Å²) in [5.41, 5.74) is 12.8. The van der Waals surface area contributed by atoms with Crippen molar-refractivity contribution in [2.75, 3.05) is 0 Å². The number of hydrogen-bond acceptors (Lipinski definition) is 4. The van der Waals surface area contributed by atoms with Gasteiger partial charge in [-0.2, -0.15) is 0 Å². The third-order valence-corrected chi connectivity index (χ3v) is 11.7. The highest BCUT2D eigenvalue weighted by Crippen LogP contribution is 2.60. The smallest absolute Gasteiger partial charge is 0.164 e. The summed E-state index contributed by atoms with van der Waals surface area (Å²) in [5, 5.41) is 2.51. The Labute approximate surface area is 329 Å². The van der Waals surface area contributed by atoms with E-state index in [0.29, 0.717) is 17.5 Å². The maximum atomic E-state index is 6.89. The van der Waals surface area contributed by atoms with E-state index in [9.17, 15) is 0 Å². The molecule has 4 heterocycles. The van der Waals surface area contributed by atoms with Crippen LogP contribution in [0.1, 0.15) is 22.3 Å². The van der Waals surface area contributed by atoms with Crippen molar-refractivity contribution in [1.29, 1.82) is 0 Å². The first-order chi connectivity index (χ1) is 28.3. The Kier molecular flexibility index (Phi) is 6.78. The second-order valence-electron chi connectivity index (χ2n) is 14.7. The van der Waals surface area contributed by atoms with E-state index in [2.05, 4.69) is 138 Å². The second-order valence-corrected chi connectivity index (χ2v) is 14.7. The monoisotopic (exact) mass is 728 g/mol. The van der Waals surface area contributed by atoms with Crippen LogP contribution in [0.5, 0.6) is 11.5 Å². The van der Waals surface area contributed by atoms with Gasteiger partial charge in [0.15, 0.2) is 17.5 Å². The molecule has 10 aromatic rings. The summed E-state index contributed by atoms with van der Waals surface area (Å²) in [4.78, 5) is 14.8. The van der Waals surface area contributed by atoms with Crippen molar-refractivity contribution in [3.05, 3.63) is 216 Å².